The summed E-state index contributed by atoms with van der Waals surface area (Å²) in [5.41, 5.74) is 1.13. The molecule has 2 saturated heterocycles. The van der Waals surface area contributed by atoms with E-state index in [1.54, 1.807) is 0 Å². The molecule has 0 aromatic heterocycles. The molecule has 2 aliphatic rings. The van der Waals surface area contributed by atoms with Crippen molar-refractivity contribution < 1.29 is 14.3 Å². The van der Waals surface area contributed by atoms with Crippen molar-refractivity contribution >= 4 is 33.5 Å². The van der Waals surface area contributed by atoms with Crippen molar-refractivity contribution in [3.8, 4) is 0 Å². The summed E-state index contributed by atoms with van der Waals surface area (Å²) in [5.74, 6) is -0.537. The second kappa shape index (κ2) is 8.50. The Hall–Kier alpha value is -3.00. The lowest BCUT2D eigenvalue weighted by Gasteiger charge is -2.44. The fraction of sp³-hybridized carbons (Fsp3) is 0.200. The Kier molecular flexibility index (Phi) is 5.55. The Morgan fingerprint density at radius 1 is 0.938 bits per heavy atom. The van der Waals surface area contributed by atoms with Gasteiger partial charge in [0.25, 0.3) is 0 Å². The summed E-state index contributed by atoms with van der Waals surface area (Å²) >= 11 is 3.41. The van der Waals surface area contributed by atoms with E-state index < -0.39 is 17.8 Å². The first kappa shape index (κ1) is 20.9. The molecule has 32 heavy (non-hydrogen) atoms. The van der Waals surface area contributed by atoms with Gasteiger partial charge in [0.1, 0.15) is 12.1 Å². The average molecular weight is 492 g/mol. The first-order valence-corrected chi connectivity index (χ1v) is 11.3. The number of carbonyl (C=O) groups is 2. The van der Waals surface area contributed by atoms with Crippen LogP contribution in [-0.4, -0.2) is 41.9 Å². The number of fused-ring (bicyclic) bond motifs is 1. The van der Waals surface area contributed by atoms with E-state index in [1.165, 1.54) is 0 Å². The van der Waals surface area contributed by atoms with E-state index in [0.717, 1.165) is 15.6 Å². The third kappa shape index (κ3) is 3.52. The molecule has 0 bridgehead atoms. The van der Waals surface area contributed by atoms with Crippen LogP contribution in [-0.2, 0) is 20.1 Å². The highest BCUT2D eigenvalue weighted by molar-refractivity contribution is 9.10. The van der Waals surface area contributed by atoms with Crippen molar-refractivity contribution in [3.05, 3.63) is 101 Å². The van der Waals surface area contributed by atoms with Gasteiger partial charge >= 0.3 is 5.97 Å². The molecule has 6 nitrogen and oxygen atoms in total. The van der Waals surface area contributed by atoms with Crippen molar-refractivity contribution in [3.63, 3.8) is 0 Å². The number of amides is 1. The van der Waals surface area contributed by atoms with Crippen LogP contribution in [0.3, 0.4) is 0 Å². The van der Waals surface area contributed by atoms with E-state index in [4.69, 9.17) is 4.74 Å². The minimum atomic E-state index is -1.19. The number of halogens is 1. The predicted octanol–water partition coefficient (Wildman–Crippen LogP) is 3.49. The van der Waals surface area contributed by atoms with E-state index in [9.17, 15) is 9.59 Å². The molecular weight excluding hydrogens is 470 g/mol. The molecule has 2 heterocycles. The minimum absolute atomic E-state index is 0.195. The fourth-order valence-electron chi connectivity index (χ4n) is 4.56. The zero-order chi connectivity index (χ0) is 22.1. The zero-order valence-corrected chi connectivity index (χ0v) is 18.8. The maximum atomic E-state index is 13.5. The number of piperazine rings is 1. The van der Waals surface area contributed by atoms with Crippen LogP contribution in [0.15, 0.2) is 89.4 Å². The van der Waals surface area contributed by atoms with Crippen LogP contribution in [0.2, 0.25) is 0 Å². The second-order valence-electron chi connectivity index (χ2n) is 7.89. The van der Waals surface area contributed by atoms with Gasteiger partial charge in [0.05, 0.1) is 0 Å². The van der Waals surface area contributed by atoms with Crippen LogP contribution in [0.25, 0.3) is 0 Å². The van der Waals surface area contributed by atoms with Gasteiger partial charge in [-0.1, -0.05) is 76.6 Å². The first-order valence-electron chi connectivity index (χ1n) is 10.5. The summed E-state index contributed by atoms with van der Waals surface area (Å²) in [6.45, 7) is 0.819. The van der Waals surface area contributed by atoms with Crippen molar-refractivity contribution in [1.29, 1.82) is 0 Å². The Balaban J connectivity index is 1.60. The topological polar surface area (TPSA) is 70.7 Å². The van der Waals surface area contributed by atoms with Crippen LogP contribution in [0, 0.1) is 0 Å². The molecule has 2 atom stereocenters. The Morgan fingerprint density at radius 2 is 1.53 bits per heavy atom. The predicted molar refractivity (Wildman–Crippen MR) is 125 cm³/mol. The molecule has 3 aromatic rings. The minimum Gasteiger partial charge on any atom is -0.434 e. The zero-order valence-electron chi connectivity index (χ0n) is 17.2. The first-order chi connectivity index (χ1) is 15.6. The van der Waals surface area contributed by atoms with Crippen LogP contribution in [0.5, 0.6) is 0 Å². The number of ether oxygens (including phenoxy) is 1. The Morgan fingerprint density at radius 3 is 2.12 bits per heavy atom. The molecule has 1 amide bonds. The molecular formula is C25H22BrN3O3. The molecule has 0 saturated carbocycles. The summed E-state index contributed by atoms with van der Waals surface area (Å²) in [7, 11) is 0. The van der Waals surface area contributed by atoms with Gasteiger partial charge in [-0.3, -0.25) is 9.59 Å². The molecule has 5 rings (SSSR count). The van der Waals surface area contributed by atoms with Gasteiger partial charge in [-0.2, -0.15) is 0 Å². The number of nitrogens with zero attached hydrogens (tertiary/aromatic N) is 1. The van der Waals surface area contributed by atoms with E-state index in [1.807, 2.05) is 89.8 Å². The van der Waals surface area contributed by atoms with Crippen LogP contribution in [0.4, 0.5) is 5.69 Å². The molecule has 0 spiro atoms. The van der Waals surface area contributed by atoms with Gasteiger partial charge in [0.2, 0.25) is 11.6 Å². The number of esters is 1. The third-order valence-electron chi connectivity index (χ3n) is 5.98. The Labute approximate surface area is 194 Å². The van der Waals surface area contributed by atoms with Gasteiger partial charge in [0.15, 0.2) is 0 Å². The van der Waals surface area contributed by atoms with Crippen molar-refractivity contribution in [1.82, 2.24) is 10.2 Å². The lowest BCUT2D eigenvalue weighted by atomic mass is 9.90. The summed E-state index contributed by atoms with van der Waals surface area (Å²) in [4.78, 5) is 28.5. The number of carbonyl (C=O) groups excluding carboxylic acids is 2. The van der Waals surface area contributed by atoms with E-state index in [2.05, 4.69) is 26.6 Å². The lowest BCUT2D eigenvalue weighted by molar-refractivity contribution is -0.152. The number of nitrogens with one attached hydrogen (secondary N) is 2. The fourth-order valence-corrected chi connectivity index (χ4v) is 4.83. The maximum absolute atomic E-state index is 13.5. The Bertz CT molecular complexity index is 1080. The highest BCUT2D eigenvalue weighted by Crippen LogP contribution is 2.45. The van der Waals surface area contributed by atoms with Crippen molar-refractivity contribution in [2.75, 3.05) is 18.4 Å². The standard InChI is InChI=1S/C25H22BrN3O3/c26-19-11-13-20(14-12-19)28-23(30)21-15-27-16-22-24(31)32-25(29(21)22,17-7-3-1-4-8-17)18-9-5-2-6-10-18/h1-14,21-22,27H,15-16H2,(H,28,30). The van der Waals surface area contributed by atoms with Gasteiger partial charge in [-0.15, -0.1) is 0 Å². The van der Waals surface area contributed by atoms with Crippen LogP contribution < -0.4 is 10.6 Å². The average Bonchev–Trinajstić information content (AvgIpc) is 3.15. The summed E-state index contributed by atoms with van der Waals surface area (Å²) in [6.07, 6.45) is 0. The highest BCUT2D eigenvalue weighted by Gasteiger charge is 2.60. The molecule has 2 aliphatic heterocycles. The number of rotatable bonds is 4. The van der Waals surface area contributed by atoms with Crippen molar-refractivity contribution in [2.45, 2.75) is 17.8 Å². The molecule has 3 aromatic carbocycles. The molecule has 2 N–H and O–H groups in total. The second-order valence-corrected chi connectivity index (χ2v) is 8.81. The number of hydrogen-bond acceptors (Lipinski definition) is 5. The lowest BCUT2D eigenvalue weighted by Crippen LogP contribution is -2.65. The quantitative estimate of drug-likeness (QED) is 0.546. The molecule has 2 fully saturated rings. The van der Waals surface area contributed by atoms with E-state index >= 15 is 0 Å². The number of cyclic esters (lactones) is 1. The number of anilines is 1. The SMILES string of the molecule is O=C(Nc1ccc(Br)cc1)C1CNCC2C(=O)OC(c3ccccc3)(c3ccccc3)N12. The number of hydrogen-bond donors (Lipinski definition) is 2. The van der Waals surface area contributed by atoms with Crippen LogP contribution >= 0.6 is 15.9 Å². The van der Waals surface area contributed by atoms with Crippen LogP contribution in [0.1, 0.15) is 11.1 Å². The van der Waals surface area contributed by atoms with Gasteiger partial charge in [-0.25, -0.2) is 4.90 Å². The van der Waals surface area contributed by atoms with E-state index in [-0.39, 0.29) is 11.9 Å². The van der Waals surface area contributed by atoms with Gasteiger partial charge in [-0.05, 0) is 24.3 Å². The highest BCUT2D eigenvalue weighted by atomic mass is 79.9. The third-order valence-corrected chi connectivity index (χ3v) is 6.50. The van der Waals surface area contributed by atoms with Crippen molar-refractivity contribution in [2.24, 2.45) is 0 Å². The maximum Gasteiger partial charge on any atom is 0.327 e. The smallest absolute Gasteiger partial charge is 0.327 e. The summed E-state index contributed by atoms with van der Waals surface area (Å²) in [5, 5.41) is 6.24. The molecule has 0 radical (unpaired) electrons. The molecule has 0 aliphatic carbocycles. The summed E-state index contributed by atoms with van der Waals surface area (Å²) < 4.78 is 7.11. The van der Waals surface area contributed by atoms with E-state index in [0.29, 0.717) is 18.8 Å². The monoisotopic (exact) mass is 491 g/mol. The molecule has 7 heteroatoms. The largest absolute Gasteiger partial charge is 0.434 e. The summed E-state index contributed by atoms with van der Waals surface area (Å²) in [6, 6.07) is 25.5. The van der Waals surface area contributed by atoms with Gasteiger partial charge in [0, 0.05) is 34.4 Å². The normalized spacial score (nSPS) is 22.1. The molecule has 162 valence electrons. The molecule has 2 unspecified atom stereocenters. The number of benzene rings is 3. The van der Waals surface area contributed by atoms with Gasteiger partial charge < -0.3 is 15.4 Å².